The molecule has 1 aromatic heterocycles. The second kappa shape index (κ2) is 5.24. The van der Waals surface area contributed by atoms with Gasteiger partial charge in [-0.3, -0.25) is 4.68 Å². The topological polar surface area (TPSA) is 73.6 Å². The maximum Gasteiger partial charge on any atom is 0.357 e. The fourth-order valence-corrected chi connectivity index (χ4v) is 2.09. The highest BCUT2D eigenvalue weighted by molar-refractivity contribution is 5.96. The summed E-state index contributed by atoms with van der Waals surface area (Å²) in [6.07, 6.45) is 0. The van der Waals surface area contributed by atoms with Gasteiger partial charge < -0.3 is 14.6 Å². The molecule has 0 atom stereocenters. The van der Waals surface area contributed by atoms with Crippen LogP contribution in [0.15, 0.2) is 18.2 Å². The van der Waals surface area contributed by atoms with E-state index in [-0.39, 0.29) is 5.69 Å². The largest absolute Gasteiger partial charge is 0.497 e. The first-order chi connectivity index (χ1) is 9.49. The number of hydrogen-bond donors (Lipinski definition) is 1. The molecule has 0 aliphatic rings. The molecule has 0 spiro atoms. The molecule has 1 heterocycles. The molecule has 6 heteroatoms. The zero-order chi connectivity index (χ0) is 14.9. The van der Waals surface area contributed by atoms with E-state index in [9.17, 15) is 9.90 Å². The Balaban J connectivity index is 2.76. The molecule has 0 amide bonds. The average Bonchev–Trinajstić information content (AvgIpc) is 2.74. The van der Waals surface area contributed by atoms with Crippen LogP contribution in [0.5, 0.6) is 11.5 Å². The lowest BCUT2D eigenvalue weighted by atomic mass is 10.0. The van der Waals surface area contributed by atoms with Crippen LogP contribution >= 0.6 is 0 Å². The van der Waals surface area contributed by atoms with Crippen molar-refractivity contribution >= 4 is 5.97 Å². The van der Waals surface area contributed by atoms with Gasteiger partial charge in [0.05, 0.1) is 14.2 Å². The highest BCUT2D eigenvalue weighted by Gasteiger charge is 2.23. The third-order valence-electron chi connectivity index (χ3n) is 3.21. The lowest BCUT2D eigenvalue weighted by molar-refractivity contribution is 0.0690. The Morgan fingerprint density at radius 2 is 2.00 bits per heavy atom. The Bertz CT molecular complexity index is 661. The predicted molar refractivity (Wildman–Crippen MR) is 73.4 cm³/mol. The minimum absolute atomic E-state index is 0.00319. The van der Waals surface area contributed by atoms with Gasteiger partial charge in [-0.05, 0) is 25.1 Å². The Morgan fingerprint density at radius 1 is 1.30 bits per heavy atom. The van der Waals surface area contributed by atoms with Crippen molar-refractivity contribution in [2.45, 2.75) is 6.92 Å². The number of aromatic carboxylic acids is 1. The van der Waals surface area contributed by atoms with Gasteiger partial charge in [-0.2, -0.15) is 5.10 Å². The summed E-state index contributed by atoms with van der Waals surface area (Å²) < 4.78 is 12.0. The van der Waals surface area contributed by atoms with E-state index in [1.807, 2.05) is 6.92 Å². The molecule has 20 heavy (non-hydrogen) atoms. The van der Waals surface area contributed by atoms with Crippen LogP contribution in [0.25, 0.3) is 11.1 Å². The van der Waals surface area contributed by atoms with Crippen LogP contribution in [0.4, 0.5) is 0 Å². The van der Waals surface area contributed by atoms with Crippen LogP contribution in [0.3, 0.4) is 0 Å². The third-order valence-corrected chi connectivity index (χ3v) is 3.21. The molecule has 1 aromatic carbocycles. The number of nitrogens with zero attached hydrogens (tertiary/aromatic N) is 2. The Hall–Kier alpha value is -2.50. The van der Waals surface area contributed by atoms with Gasteiger partial charge in [-0.1, -0.05) is 0 Å². The van der Waals surface area contributed by atoms with Crippen molar-refractivity contribution in [2.75, 3.05) is 14.2 Å². The molecular formula is C14H16N2O4. The minimum atomic E-state index is -1.08. The second-order valence-electron chi connectivity index (χ2n) is 4.30. The van der Waals surface area contributed by atoms with Crippen LogP contribution in [0.1, 0.15) is 16.2 Å². The van der Waals surface area contributed by atoms with Gasteiger partial charge >= 0.3 is 5.97 Å². The number of ether oxygens (including phenoxy) is 2. The molecule has 0 fully saturated rings. The zero-order valence-electron chi connectivity index (χ0n) is 11.8. The molecule has 0 unspecified atom stereocenters. The predicted octanol–water partition coefficient (Wildman–Crippen LogP) is 2.11. The number of rotatable bonds is 4. The maximum atomic E-state index is 11.4. The van der Waals surface area contributed by atoms with Crippen LogP contribution in [0.2, 0.25) is 0 Å². The average molecular weight is 276 g/mol. The van der Waals surface area contributed by atoms with Crippen molar-refractivity contribution in [3.63, 3.8) is 0 Å². The third kappa shape index (κ3) is 2.20. The van der Waals surface area contributed by atoms with Crippen molar-refractivity contribution in [1.82, 2.24) is 9.78 Å². The Kier molecular flexibility index (Phi) is 3.65. The van der Waals surface area contributed by atoms with Crippen LogP contribution in [-0.2, 0) is 7.05 Å². The summed E-state index contributed by atoms with van der Waals surface area (Å²) in [6, 6.07) is 5.25. The molecule has 0 aliphatic carbocycles. The molecule has 1 N–H and O–H groups in total. The molecule has 6 nitrogen and oxygen atoms in total. The van der Waals surface area contributed by atoms with Crippen molar-refractivity contribution in [3.8, 4) is 22.6 Å². The van der Waals surface area contributed by atoms with E-state index in [1.54, 1.807) is 32.4 Å². The summed E-state index contributed by atoms with van der Waals surface area (Å²) in [6.45, 7) is 1.81. The number of hydrogen-bond acceptors (Lipinski definition) is 4. The molecular weight excluding hydrogens is 260 g/mol. The molecule has 0 bridgehead atoms. The van der Waals surface area contributed by atoms with Gasteiger partial charge in [-0.15, -0.1) is 0 Å². The van der Waals surface area contributed by atoms with Gasteiger partial charge in [0.25, 0.3) is 0 Å². The van der Waals surface area contributed by atoms with Crippen molar-refractivity contribution < 1.29 is 19.4 Å². The molecule has 0 saturated heterocycles. The normalized spacial score (nSPS) is 10.4. The molecule has 0 aliphatic heterocycles. The SMILES string of the molecule is COc1ccc(OC)c(-c2c(C(=O)O)nn(C)c2C)c1. The number of carbonyl (C=O) groups is 1. The number of aryl methyl sites for hydroxylation is 1. The standard InChI is InChI=1S/C14H16N2O4/c1-8-12(13(14(17)18)15-16(8)2)10-7-9(19-3)5-6-11(10)20-4/h5-7H,1-4H3,(H,17,18). The summed E-state index contributed by atoms with van der Waals surface area (Å²) in [4.78, 5) is 11.4. The number of carboxylic acids is 1. The summed E-state index contributed by atoms with van der Waals surface area (Å²) in [5.41, 5.74) is 1.93. The molecule has 2 rings (SSSR count). The smallest absolute Gasteiger partial charge is 0.357 e. The van der Waals surface area contributed by atoms with E-state index in [4.69, 9.17) is 9.47 Å². The summed E-state index contributed by atoms with van der Waals surface area (Å²) >= 11 is 0. The van der Waals surface area contributed by atoms with Gasteiger partial charge in [0.2, 0.25) is 0 Å². The highest BCUT2D eigenvalue weighted by Crippen LogP contribution is 2.37. The van der Waals surface area contributed by atoms with Crippen LogP contribution in [0, 0.1) is 6.92 Å². The lowest BCUT2D eigenvalue weighted by Crippen LogP contribution is -2.01. The van der Waals surface area contributed by atoms with E-state index in [2.05, 4.69) is 5.10 Å². The highest BCUT2D eigenvalue weighted by atomic mass is 16.5. The van der Waals surface area contributed by atoms with E-state index in [0.717, 1.165) is 5.69 Å². The molecule has 0 saturated carbocycles. The fraction of sp³-hybridized carbons (Fsp3) is 0.286. The number of benzene rings is 1. The minimum Gasteiger partial charge on any atom is -0.497 e. The first-order valence-corrected chi connectivity index (χ1v) is 5.98. The van der Waals surface area contributed by atoms with Crippen molar-refractivity contribution in [2.24, 2.45) is 7.05 Å². The first kappa shape index (κ1) is 13.9. The number of aromatic nitrogens is 2. The first-order valence-electron chi connectivity index (χ1n) is 5.98. The summed E-state index contributed by atoms with van der Waals surface area (Å²) in [7, 11) is 4.80. The van der Waals surface area contributed by atoms with Crippen molar-refractivity contribution in [1.29, 1.82) is 0 Å². The maximum absolute atomic E-state index is 11.4. The summed E-state index contributed by atoms with van der Waals surface area (Å²) in [5.74, 6) is 0.123. The van der Waals surface area contributed by atoms with Gasteiger partial charge in [0, 0.05) is 23.9 Å². The van der Waals surface area contributed by atoms with E-state index < -0.39 is 5.97 Å². The molecule has 0 radical (unpaired) electrons. The Morgan fingerprint density at radius 3 is 2.55 bits per heavy atom. The fourth-order valence-electron chi connectivity index (χ4n) is 2.09. The summed E-state index contributed by atoms with van der Waals surface area (Å²) in [5, 5.41) is 13.3. The second-order valence-corrected chi connectivity index (χ2v) is 4.30. The van der Waals surface area contributed by atoms with E-state index in [1.165, 1.54) is 11.8 Å². The van der Waals surface area contributed by atoms with Gasteiger partial charge in [0.15, 0.2) is 5.69 Å². The van der Waals surface area contributed by atoms with Crippen molar-refractivity contribution in [3.05, 3.63) is 29.6 Å². The molecule has 106 valence electrons. The Labute approximate surface area is 116 Å². The van der Waals surface area contributed by atoms with Crippen LogP contribution < -0.4 is 9.47 Å². The lowest BCUT2D eigenvalue weighted by Gasteiger charge is -2.11. The van der Waals surface area contributed by atoms with Gasteiger partial charge in [0.1, 0.15) is 11.5 Å². The van der Waals surface area contributed by atoms with Gasteiger partial charge in [-0.25, -0.2) is 4.79 Å². The number of methoxy groups -OCH3 is 2. The number of carboxylic acid groups (broad SMARTS) is 1. The molecule has 2 aromatic rings. The monoisotopic (exact) mass is 276 g/mol. The zero-order valence-corrected chi connectivity index (χ0v) is 11.8. The quantitative estimate of drug-likeness (QED) is 0.925. The van der Waals surface area contributed by atoms with Crippen LogP contribution in [-0.4, -0.2) is 35.1 Å². The van der Waals surface area contributed by atoms with E-state index >= 15 is 0 Å². The van der Waals surface area contributed by atoms with E-state index in [0.29, 0.717) is 22.6 Å².